The fraction of sp³-hybridized carbons (Fsp3) is 0.417. The van der Waals surface area contributed by atoms with Gasteiger partial charge in [-0.25, -0.2) is 0 Å². The van der Waals surface area contributed by atoms with Crippen LogP contribution in [-0.2, 0) is 4.79 Å². The molecule has 0 aromatic heterocycles. The lowest BCUT2D eigenvalue weighted by Gasteiger charge is -2.09. The van der Waals surface area contributed by atoms with E-state index in [1.54, 1.807) is 0 Å². The molecule has 0 aliphatic rings. The first-order valence-corrected chi connectivity index (χ1v) is 5.43. The third kappa shape index (κ3) is 3.92. The van der Waals surface area contributed by atoms with Gasteiger partial charge in [0.25, 0.3) is 0 Å². The molecule has 1 N–H and O–H groups in total. The van der Waals surface area contributed by atoms with Crippen LogP contribution in [0.25, 0.3) is 0 Å². The summed E-state index contributed by atoms with van der Waals surface area (Å²) in [5.41, 5.74) is 1.77. The first kappa shape index (κ1) is 12.1. The quantitative estimate of drug-likeness (QED) is 0.836. The van der Waals surface area contributed by atoms with E-state index in [9.17, 15) is 4.79 Å². The summed E-state index contributed by atoms with van der Waals surface area (Å²) >= 11 is 6.00. The van der Waals surface area contributed by atoms with Crippen LogP contribution >= 0.6 is 11.6 Å². The van der Waals surface area contributed by atoms with Gasteiger partial charge >= 0.3 is 0 Å². The molecule has 0 aliphatic carbocycles. The van der Waals surface area contributed by atoms with Gasteiger partial charge in [-0.05, 0) is 30.5 Å². The largest absolute Gasteiger partial charge is 0.325 e. The average molecular weight is 226 g/mol. The third-order valence-electron chi connectivity index (χ3n) is 1.99. The molecule has 0 saturated carbocycles. The summed E-state index contributed by atoms with van der Waals surface area (Å²) in [7, 11) is 0. The van der Waals surface area contributed by atoms with Crippen molar-refractivity contribution in [2.75, 3.05) is 5.32 Å². The Hall–Kier alpha value is -1.02. The van der Waals surface area contributed by atoms with Crippen molar-refractivity contribution in [2.24, 2.45) is 5.92 Å². The van der Waals surface area contributed by atoms with Gasteiger partial charge in [0.1, 0.15) is 0 Å². The molecule has 0 saturated heterocycles. The van der Waals surface area contributed by atoms with Crippen molar-refractivity contribution < 1.29 is 4.79 Å². The topological polar surface area (TPSA) is 29.1 Å². The highest BCUT2D eigenvalue weighted by Gasteiger charge is 2.07. The lowest BCUT2D eigenvalue weighted by molar-refractivity contribution is -0.116. The Morgan fingerprint density at radius 2 is 2.13 bits per heavy atom. The van der Waals surface area contributed by atoms with Gasteiger partial charge in [-0.2, -0.15) is 0 Å². The molecule has 0 heterocycles. The van der Waals surface area contributed by atoms with E-state index in [1.165, 1.54) is 0 Å². The molecule has 3 heteroatoms. The van der Waals surface area contributed by atoms with Gasteiger partial charge in [0.2, 0.25) is 5.91 Å². The Kier molecular flexibility index (Phi) is 4.15. The molecule has 0 fully saturated rings. The van der Waals surface area contributed by atoms with Crippen molar-refractivity contribution >= 4 is 23.2 Å². The summed E-state index contributed by atoms with van der Waals surface area (Å²) in [5, 5.41) is 3.39. The molecule has 82 valence electrons. The predicted molar refractivity (Wildman–Crippen MR) is 64.3 cm³/mol. The van der Waals surface area contributed by atoms with E-state index in [0.717, 1.165) is 5.56 Å². The minimum atomic E-state index is 0.00996. The summed E-state index contributed by atoms with van der Waals surface area (Å²) in [6.45, 7) is 5.98. The Bertz CT molecular complexity index is 361. The van der Waals surface area contributed by atoms with Crippen molar-refractivity contribution in [1.29, 1.82) is 0 Å². The van der Waals surface area contributed by atoms with Crippen LogP contribution in [0.2, 0.25) is 5.02 Å². The fourth-order valence-electron chi connectivity index (χ4n) is 1.29. The van der Waals surface area contributed by atoms with E-state index < -0.39 is 0 Å². The molecule has 0 bridgehead atoms. The molecule has 1 aromatic carbocycles. The zero-order valence-corrected chi connectivity index (χ0v) is 10.1. The maximum Gasteiger partial charge on any atom is 0.224 e. The Balaban J connectivity index is 2.68. The summed E-state index contributed by atoms with van der Waals surface area (Å²) in [5.74, 6) is 0.366. The van der Waals surface area contributed by atoms with Crippen LogP contribution in [-0.4, -0.2) is 5.91 Å². The zero-order valence-electron chi connectivity index (χ0n) is 9.30. The van der Waals surface area contributed by atoms with E-state index in [0.29, 0.717) is 23.0 Å². The van der Waals surface area contributed by atoms with Crippen LogP contribution in [0.4, 0.5) is 5.69 Å². The number of rotatable bonds is 3. The lowest BCUT2D eigenvalue weighted by atomic mass is 10.1. The molecular weight excluding hydrogens is 210 g/mol. The van der Waals surface area contributed by atoms with Gasteiger partial charge in [-0.3, -0.25) is 4.79 Å². The molecule has 0 atom stereocenters. The SMILES string of the molecule is Cc1ccc(NC(=O)CC(C)C)c(Cl)c1. The minimum Gasteiger partial charge on any atom is -0.325 e. The molecule has 1 aromatic rings. The van der Waals surface area contributed by atoms with Crippen LogP contribution in [0.15, 0.2) is 18.2 Å². The standard InChI is InChI=1S/C12H16ClNO/c1-8(2)6-12(15)14-11-5-4-9(3)7-10(11)13/h4-5,7-8H,6H2,1-3H3,(H,14,15). The second kappa shape index (κ2) is 5.17. The van der Waals surface area contributed by atoms with Gasteiger partial charge in [-0.1, -0.05) is 31.5 Å². The van der Waals surface area contributed by atoms with Crippen LogP contribution in [0.1, 0.15) is 25.8 Å². The Labute approximate surface area is 95.6 Å². The fourth-order valence-corrected chi connectivity index (χ4v) is 1.58. The number of hydrogen-bond acceptors (Lipinski definition) is 1. The van der Waals surface area contributed by atoms with Gasteiger partial charge in [0, 0.05) is 6.42 Å². The molecule has 2 nitrogen and oxygen atoms in total. The second-order valence-electron chi connectivity index (χ2n) is 4.13. The maximum atomic E-state index is 11.5. The van der Waals surface area contributed by atoms with Crippen molar-refractivity contribution in [3.05, 3.63) is 28.8 Å². The highest BCUT2D eigenvalue weighted by molar-refractivity contribution is 6.33. The highest BCUT2D eigenvalue weighted by Crippen LogP contribution is 2.23. The lowest BCUT2D eigenvalue weighted by Crippen LogP contribution is -2.14. The van der Waals surface area contributed by atoms with Gasteiger partial charge in [-0.15, -0.1) is 0 Å². The van der Waals surface area contributed by atoms with Crippen molar-refractivity contribution in [3.63, 3.8) is 0 Å². The van der Waals surface area contributed by atoms with Crippen molar-refractivity contribution in [1.82, 2.24) is 0 Å². The smallest absolute Gasteiger partial charge is 0.224 e. The number of carbonyl (C=O) groups is 1. The molecule has 0 radical (unpaired) electrons. The zero-order chi connectivity index (χ0) is 11.4. The predicted octanol–water partition coefficient (Wildman–Crippen LogP) is 3.63. The number of benzene rings is 1. The summed E-state index contributed by atoms with van der Waals surface area (Å²) in [6, 6.07) is 5.60. The normalized spacial score (nSPS) is 10.5. The number of carbonyl (C=O) groups excluding carboxylic acids is 1. The highest BCUT2D eigenvalue weighted by atomic mass is 35.5. The van der Waals surface area contributed by atoms with Crippen molar-refractivity contribution in [3.8, 4) is 0 Å². The van der Waals surface area contributed by atoms with Crippen LogP contribution < -0.4 is 5.32 Å². The molecule has 1 amide bonds. The monoisotopic (exact) mass is 225 g/mol. The van der Waals surface area contributed by atoms with Gasteiger partial charge in [0.05, 0.1) is 10.7 Å². The Morgan fingerprint density at radius 1 is 1.47 bits per heavy atom. The number of aryl methyl sites for hydroxylation is 1. The third-order valence-corrected chi connectivity index (χ3v) is 2.31. The second-order valence-corrected chi connectivity index (χ2v) is 4.54. The van der Waals surface area contributed by atoms with E-state index in [2.05, 4.69) is 5.32 Å². The van der Waals surface area contributed by atoms with Crippen LogP contribution in [0, 0.1) is 12.8 Å². The van der Waals surface area contributed by atoms with E-state index in [1.807, 2.05) is 39.0 Å². The average Bonchev–Trinajstić information content (AvgIpc) is 2.08. The molecule has 0 aliphatic heterocycles. The maximum absolute atomic E-state index is 11.5. The van der Waals surface area contributed by atoms with Gasteiger partial charge in [0.15, 0.2) is 0 Å². The first-order chi connectivity index (χ1) is 6.99. The first-order valence-electron chi connectivity index (χ1n) is 5.05. The number of amides is 1. The van der Waals surface area contributed by atoms with E-state index in [-0.39, 0.29) is 5.91 Å². The van der Waals surface area contributed by atoms with E-state index in [4.69, 9.17) is 11.6 Å². The van der Waals surface area contributed by atoms with Gasteiger partial charge < -0.3 is 5.32 Å². The number of anilines is 1. The summed E-state index contributed by atoms with van der Waals surface area (Å²) in [6.07, 6.45) is 0.518. The number of hydrogen-bond donors (Lipinski definition) is 1. The molecule has 15 heavy (non-hydrogen) atoms. The Morgan fingerprint density at radius 3 is 2.67 bits per heavy atom. The molecule has 1 rings (SSSR count). The minimum absolute atomic E-state index is 0.00996. The van der Waals surface area contributed by atoms with Crippen molar-refractivity contribution in [2.45, 2.75) is 27.2 Å². The number of halogens is 1. The summed E-state index contributed by atoms with van der Waals surface area (Å²) < 4.78 is 0. The summed E-state index contributed by atoms with van der Waals surface area (Å²) in [4.78, 5) is 11.5. The molecular formula is C12H16ClNO. The molecule has 0 unspecified atom stereocenters. The molecule has 0 spiro atoms. The van der Waals surface area contributed by atoms with E-state index >= 15 is 0 Å². The van der Waals surface area contributed by atoms with Crippen LogP contribution in [0.5, 0.6) is 0 Å². The number of nitrogens with one attached hydrogen (secondary N) is 1. The van der Waals surface area contributed by atoms with Crippen LogP contribution in [0.3, 0.4) is 0 Å².